The Bertz CT molecular complexity index is 661. The van der Waals surface area contributed by atoms with Gasteiger partial charge in [-0.15, -0.1) is 0 Å². The second kappa shape index (κ2) is 9.81. The molecule has 2 rings (SSSR count). The van der Waals surface area contributed by atoms with Crippen LogP contribution >= 0.6 is 0 Å². The van der Waals surface area contributed by atoms with E-state index in [-0.39, 0.29) is 11.9 Å². The Kier molecular flexibility index (Phi) is 7.44. The summed E-state index contributed by atoms with van der Waals surface area (Å²) in [5.41, 5.74) is 1.81. The van der Waals surface area contributed by atoms with E-state index in [9.17, 15) is 9.90 Å². The van der Waals surface area contributed by atoms with E-state index in [1.165, 1.54) is 0 Å². The van der Waals surface area contributed by atoms with Crippen LogP contribution in [0, 0.1) is 0 Å². The smallest absolute Gasteiger partial charge is 0.225 e. The molecule has 0 bridgehead atoms. The third-order valence-electron chi connectivity index (χ3n) is 3.86. The molecule has 0 heterocycles. The lowest BCUT2D eigenvalue weighted by atomic mass is 10.1. The largest absolute Gasteiger partial charge is 0.497 e. The van der Waals surface area contributed by atoms with Gasteiger partial charge in [-0.1, -0.05) is 36.4 Å². The van der Waals surface area contributed by atoms with Gasteiger partial charge in [0.2, 0.25) is 5.91 Å². The quantitative estimate of drug-likeness (QED) is 0.655. The van der Waals surface area contributed by atoms with Gasteiger partial charge in [0.05, 0.1) is 13.2 Å². The molecule has 0 fully saturated rings. The van der Waals surface area contributed by atoms with Crippen molar-refractivity contribution in [2.45, 2.75) is 31.9 Å². The Hall–Kier alpha value is -2.37. The highest BCUT2D eigenvalue weighted by atomic mass is 16.5. The average molecular weight is 342 g/mol. The van der Waals surface area contributed by atoms with Crippen LogP contribution in [0.15, 0.2) is 54.6 Å². The summed E-state index contributed by atoms with van der Waals surface area (Å²) in [5.74, 6) is 0.624. The van der Waals surface area contributed by atoms with E-state index in [4.69, 9.17) is 4.74 Å². The lowest BCUT2D eigenvalue weighted by Crippen LogP contribution is -2.36. The number of aliphatic hydroxyl groups is 1. The summed E-state index contributed by atoms with van der Waals surface area (Å²) in [6.45, 7) is 2.38. The van der Waals surface area contributed by atoms with E-state index in [1.807, 2.05) is 55.5 Å². The Balaban J connectivity index is 1.71. The maximum Gasteiger partial charge on any atom is 0.225 e. The predicted molar refractivity (Wildman–Crippen MR) is 99.9 cm³/mol. The van der Waals surface area contributed by atoms with Crippen molar-refractivity contribution in [3.05, 3.63) is 60.2 Å². The molecule has 2 atom stereocenters. The number of benzene rings is 2. The van der Waals surface area contributed by atoms with Crippen molar-refractivity contribution in [3.63, 3.8) is 0 Å². The van der Waals surface area contributed by atoms with Crippen LogP contribution in [-0.4, -0.2) is 36.8 Å². The summed E-state index contributed by atoms with van der Waals surface area (Å²) in [4.78, 5) is 12.1. The number of rotatable bonds is 9. The zero-order chi connectivity index (χ0) is 18.1. The fourth-order valence-electron chi connectivity index (χ4n) is 2.56. The highest BCUT2D eigenvalue weighted by molar-refractivity contribution is 5.91. The van der Waals surface area contributed by atoms with Crippen LogP contribution in [0.5, 0.6) is 5.75 Å². The first-order chi connectivity index (χ1) is 12.1. The zero-order valence-electron chi connectivity index (χ0n) is 14.7. The number of anilines is 1. The fourth-order valence-corrected chi connectivity index (χ4v) is 2.56. The van der Waals surface area contributed by atoms with E-state index in [0.29, 0.717) is 30.8 Å². The molecule has 2 unspecified atom stereocenters. The number of hydrogen-bond donors (Lipinski definition) is 3. The van der Waals surface area contributed by atoms with Gasteiger partial charge in [-0.25, -0.2) is 0 Å². The van der Waals surface area contributed by atoms with Gasteiger partial charge in [-0.2, -0.15) is 0 Å². The second-order valence-corrected chi connectivity index (χ2v) is 6.14. The van der Waals surface area contributed by atoms with Crippen molar-refractivity contribution in [1.29, 1.82) is 0 Å². The summed E-state index contributed by atoms with van der Waals surface area (Å²) in [5, 5.41) is 16.2. The molecule has 134 valence electrons. The number of ether oxygens (including phenoxy) is 1. The van der Waals surface area contributed by atoms with Crippen LogP contribution in [-0.2, 0) is 11.2 Å². The monoisotopic (exact) mass is 342 g/mol. The van der Waals surface area contributed by atoms with Crippen LogP contribution in [0.4, 0.5) is 5.69 Å². The number of amides is 1. The highest BCUT2D eigenvalue weighted by Gasteiger charge is 2.12. The van der Waals surface area contributed by atoms with Crippen molar-refractivity contribution in [2.75, 3.05) is 19.0 Å². The summed E-state index contributed by atoms with van der Waals surface area (Å²) >= 11 is 0. The Morgan fingerprint density at radius 3 is 2.64 bits per heavy atom. The molecular formula is C20H26N2O3. The van der Waals surface area contributed by atoms with Crippen LogP contribution < -0.4 is 15.4 Å². The molecular weight excluding hydrogens is 316 g/mol. The van der Waals surface area contributed by atoms with Gasteiger partial charge in [-0.05, 0) is 31.0 Å². The average Bonchev–Trinajstić information content (AvgIpc) is 2.61. The Labute approximate surface area is 149 Å². The molecule has 0 saturated carbocycles. The predicted octanol–water partition coefficient (Wildman–Crippen LogP) is 2.61. The van der Waals surface area contributed by atoms with Gasteiger partial charge in [0.25, 0.3) is 0 Å². The molecule has 0 radical (unpaired) electrons. The number of carbonyl (C=O) groups excluding carboxylic acids is 1. The SMILES string of the molecule is COc1cccc(NC(=O)CC(C)NCC(O)Cc2ccccc2)c1. The minimum Gasteiger partial charge on any atom is -0.497 e. The van der Waals surface area contributed by atoms with E-state index in [0.717, 1.165) is 5.56 Å². The topological polar surface area (TPSA) is 70.6 Å². The number of aliphatic hydroxyl groups excluding tert-OH is 1. The van der Waals surface area contributed by atoms with Crippen LogP contribution in [0.2, 0.25) is 0 Å². The van der Waals surface area contributed by atoms with Crippen molar-refractivity contribution < 1.29 is 14.6 Å². The summed E-state index contributed by atoms with van der Waals surface area (Å²) in [6.07, 6.45) is 0.442. The van der Waals surface area contributed by atoms with E-state index in [1.54, 1.807) is 13.2 Å². The van der Waals surface area contributed by atoms with Gasteiger partial charge in [0.15, 0.2) is 0 Å². The highest BCUT2D eigenvalue weighted by Crippen LogP contribution is 2.16. The molecule has 5 heteroatoms. The molecule has 25 heavy (non-hydrogen) atoms. The first-order valence-corrected chi connectivity index (χ1v) is 8.46. The van der Waals surface area contributed by atoms with Crippen molar-refractivity contribution >= 4 is 11.6 Å². The summed E-state index contributed by atoms with van der Waals surface area (Å²) in [7, 11) is 1.59. The summed E-state index contributed by atoms with van der Waals surface area (Å²) < 4.78 is 5.14. The molecule has 0 saturated heterocycles. The zero-order valence-corrected chi connectivity index (χ0v) is 14.7. The molecule has 5 nitrogen and oxygen atoms in total. The normalized spacial score (nSPS) is 13.1. The Morgan fingerprint density at radius 2 is 1.92 bits per heavy atom. The Morgan fingerprint density at radius 1 is 1.16 bits per heavy atom. The molecule has 2 aromatic carbocycles. The summed E-state index contributed by atoms with van der Waals surface area (Å²) in [6, 6.07) is 17.1. The van der Waals surface area contributed by atoms with E-state index >= 15 is 0 Å². The van der Waals surface area contributed by atoms with Gasteiger partial charge < -0.3 is 20.5 Å². The second-order valence-electron chi connectivity index (χ2n) is 6.14. The standard InChI is InChI=1S/C20H26N2O3/c1-15(21-14-18(23)12-16-7-4-3-5-8-16)11-20(24)22-17-9-6-10-19(13-17)25-2/h3-10,13,15,18,21,23H,11-12,14H2,1-2H3,(H,22,24). The molecule has 3 N–H and O–H groups in total. The number of nitrogens with one attached hydrogen (secondary N) is 2. The first kappa shape index (κ1) is 19.0. The first-order valence-electron chi connectivity index (χ1n) is 8.46. The van der Waals surface area contributed by atoms with E-state index < -0.39 is 6.10 Å². The molecule has 0 aliphatic carbocycles. The van der Waals surface area contributed by atoms with Crippen molar-refractivity contribution in [3.8, 4) is 5.75 Å². The fraction of sp³-hybridized carbons (Fsp3) is 0.350. The molecule has 0 aromatic heterocycles. The maximum absolute atomic E-state index is 12.1. The van der Waals surface area contributed by atoms with Gasteiger partial charge >= 0.3 is 0 Å². The van der Waals surface area contributed by atoms with Crippen LogP contribution in [0.3, 0.4) is 0 Å². The van der Waals surface area contributed by atoms with Gasteiger partial charge in [-0.3, -0.25) is 4.79 Å². The third-order valence-corrected chi connectivity index (χ3v) is 3.86. The maximum atomic E-state index is 12.1. The van der Waals surface area contributed by atoms with Gasteiger partial charge in [0.1, 0.15) is 5.75 Å². The number of methoxy groups -OCH3 is 1. The van der Waals surface area contributed by atoms with Crippen molar-refractivity contribution in [1.82, 2.24) is 5.32 Å². The lowest BCUT2D eigenvalue weighted by molar-refractivity contribution is -0.116. The van der Waals surface area contributed by atoms with Crippen molar-refractivity contribution in [2.24, 2.45) is 0 Å². The molecule has 0 aliphatic heterocycles. The number of carbonyl (C=O) groups is 1. The molecule has 0 aliphatic rings. The van der Waals surface area contributed by atoms with Crippen LogP contribution in [0.25, 0.3) is 0 Å². The van der Waals surface area contributed by atoms with Gasteiger partial charge in [0, 0.05) is 30.8 Å². The third kappa shape index (κ3) is 6.95. The molecule has 0 spiro atoms. The lowest BCUT2D eigenvalue weighted by Gasteiger charge is -2.17. The molecule has 1 amide bonds. The minimum atomic E-state index is -0.480. The number of hydrogen-bond acceptors (Lipinski definition) is 4. The van der Waals surface area contributed by atoms with Crippen LogP contribution in [0.1, 0.15) is 18.9 Å². The minimum absolute atomic E-state index is 0.0315. The molecule has 2 aromatic rings. The van der Waals surface area contributed by atoms with E-state index in [2.05, 4.69) is 10.6 Å².